The summed E-state index contributed by atoms with van der Waals surface area (Å²) < 4.78 is 7.53. The molecule has 0 amide bonds. The van der Waals surface area contributed by atoms with Gasteiger partial charge in [0.25, 0.3) is 0 Å². The maximum Gasteiger partial charge on any atom is 0.306 e. The molecule has 1 aliphatic rings. The van der Waals surface area contributed by atoms with Gasteiger partial charge >= 0.3 is 5.97 Å². The number of aliphatic hydroxyl groups excluding tert-OH is 1. The topological polar surface area (TPSA) is 84.6 Å². The number of aliphatic carboxylic acids is 1. The van der Waals surface area contributed by atoms with E-state index in [2.05, 4.69) is 5.10 Å². The van der Waals surface area contributed by atoms with E-state index in [0.29, 0.717) is 12.8 Å². The zero-order valence-corrected chi connectivity index (χ0v) is 13.0. The molecule has 0 radical (unpaired) electrons. The lowest BCUT2D eigenvalue weighted by Crippen LogP contribution is -2.15. The Bertz CT molecular complexity index is 693. The molecule has 3 rings (SSSR count). The summed E-state index contributed by atoms with van der Waals surface area (Å²) >= 11 is 0. The first-order chi connectivity index (χ1) is 11.1. The van der Waals surface area contributed by atoms with Gasteiger partial charge in [-0.25, -0.2) is 0 Å². The summed E-state index contributed by atoms with van der Waals surface area (Å²) in [6.07, 6.45) is 3.71. The zero-order chi connectivity index (χ0) is 16.4. The number of aromatic nitrogens is 2. The van der Waals surface area contributed by atoms with Crippen molar-refractivity contribution in [2.24, 2.45) is 13.0 Å². The van der Waals surface area contributed by atoms with Crippen LogP contribution in [0.4, 0.5) is 0 Å². The highest BCUT2D eigenvalue weighted by Crippen LogP contribution is 2.31. The fraction of sp³-hybridized carbons (Fsp3) is 0.412. The molecule has 2 N–H and O–H groups in total. The average Bonchev–Trinajstić information content (AvgIpc) is 3.15. The second kappa shape index (κ2) is 6.42. The SMILES string of the molecule is Cn1ncc(-c2ccc(O[C@H]3CC[C@H](C(=O)O)C3)cc2)c1CO. The number of rotatable bonds is 5. The van der Waals surface area contributed by atoms with Crippen LogP contribution in [0.3, 0.4) is 0 Å². The number of hydrogen-bond donors (Lipinski definition) is 2. The van der Waals surface area contributed by atoms with Crippen molar-refractivity contribution in [3.8, 4) is 16.9 Å². The molecule has 2 aromatic rings. The predicted molar refractivity (Wildman–Crippen MR) is 84.0 cm³/mol. The maximum absolute atomic E-state index is 11.0. The van der Waals surface area contributed by atoms with Crippen molar-refractivity contribution >= 4 is 5.97 Å². The highest BCUT2D eigenvalue weighted by molar-refractivity contribution is 5.70. The third kappa shape index (κ3) is 3.22. The molecule has 0 bridgehead atoms. The van der Waals surface area contributed by atoms with Crippen molar-refractivity contribution in [1.29, 1.82) is 0 Å². The van der Waals surface area contributed by atoms with E-state index in [0.717, 1.165) is 29.0 Å². The minimum atomic E-state index is -0.737. The van der Waals surface area contributed by atoms with Crippen LogP contribution in [-0.4, -0.2) is 32.1 Å². The normalized spacial score (nSPS) is 20.6. The van der Waals surface area contributed by atoms with Crippen molar-refractivity contribution in [2.45, 2.75) is 32.0 Å². The molecular formula is C17H20N2O4. The molecule has 23 heavy (non-hydrogen) atoms. The molecule has 122 valence electrons. The van der Waals surface area contributed by atoms with Gasteiger partial charge in [-0.3, -0.25) is 9.48 Å². The minimum absolute atomic E-state index is 0.0339. The Kier molecular flexibility index (Phi) is 4.34. The van der Waals surface area contributed by atoms with E-state index >= 15 is 0 Å². The Morgan fingerprint density at radius 2 is 2.09 bits per heavy atom. The van der Waals surface area contributed by atoms with Crippen LogP contribution in [0.25, 0.3) is 11.1 Å². The number of hydrogen-bond acceptors (Lipinski definition) is 4. The fourth-order valence-electron chi connectivity index (χ4n) is 3.07. The van der Waals surface area contributed by atoms with Gasteiger partial charge in [0.15, 0.2) is 0 Å². The second-order valence-corrected chi connectivity index (χ2v) is 5.90. The molecule has 0 spiro atoms. The number of nitrogens with zero attached hydrogens (tertiary/aromatic N) is 2. The highest BCUT2D eigenvalue weighted by atomic mass is 16.5. The van der Waals surface area contributed by atoms with Gasteiger partial charge in [0.05, 0.1) is 30.5 Å². The van der Waals surface area contributed by atoms with E-state index in [1.165, 1.54) is 0 Å². The molecule has 1 aromatic heterocycles. The van der Waals surface area contributed by atoms with Crippen molar-refractivity contribution in [1.82, 2.24) is 9.78 Å². The fourth-order valence-corrected chi connectivity index (χ4v) is 3.07. The van der Waals surface area contributed by atoms with Crippen LogP contribution >= 0.6 is 0 Å². The van der Waals surface area contributed by atoms with Crippen LogP contribution in [0.2, 0.25) is 0 Å². The van der Waals surface area contributed by atoms with Crippen LogP contribution in [0.1, 0.15) is 25.0 Å². The van der Waals surface area contributed by atoms with Gasteiger partial charge < -0.3 is 14.9 Å². The summed E-state index contributed by atoms with van der Waals surface area (Å²) in [5, 5.41) is 22.6. The molecule has 0 aliphatic heterocycles. The standard InChI is InChI=1S/C17H20N2O4/c1-19-16(10-20)15(9-18-19)11-2-5-13(6-3-11)23-14-7-4-12(8-14)17(21)22/h2-3,5-6,9,12,14,20H,4,7-8,10H2,1H3,(H,21,22)/t12-,14-/m0/s1. The van der Waals surface area contributed by atoms with Gasteiger partial charge in [0, 0.05) is 12.6 Å². The van der Waals surface area contributed by atoms with E-state index in [-0.39, 0.29) is 18.6 Å². The molecule has 6 nitrogen and oxygen atoms in total. The highest BCUT2D eigenvalue weighted by Gasteiger charge is 2.30. The number of ether oxygens (including phenoxy) is 1. The van der Waals surface area contributed by atoms with E-state index in [9.17, 15) is 9.90 Å². The number of aliphatic hydroxyl groups is 1. The first kappa shape index (κ1) is 15.6. The Hall–Kier alpha value is -2.34. The minimum Gasteiger partial charge on any atom is -0.490 e. The molecule has 0 saturated heterocycles. The summed E-state index contributed by atoms with van der Waals surface area (Å²) in [5.41, 5.74) is 2.62. The van der Waals surface area contributed by atoms with E-state index in [1.807, 2.05) is 24.3 Å². The number of carbonyl (C=O) groups is 1. The van der Waals surface area contributed by atoms with E-state index < -0.39 is 5.97 Å². The van der Waals surface area contributed by atoms with Crippen molar-refractivity contribution < 1.29 is 19.7 Å². The Labute approximate surface area is 134 Å². The zero-order valence-electron chi connectivity index (χ0n) is 13.0. The van der Waals surface area contributed by atoms with E-state index in [4.69, 9.17) is 9.84 Å². The molecule has 2 atom stereocenters. The summed E-state index contributed by atoms with van der Waals surface area (Å²) in [5.74, 6) is -0.291. The van der Waals surface area contributed by atoms with Gasteiger partial charge in [0.2, 0.25) is 0 Å². The summed E-state index contributed by atoms with van der Waals surface area (Å²) in [6.45, 7) is -0.0667. The van der Waals surface area contributed by atoms with Crippen LogP contribution in [-0.2, 0) is 18.4 Å². The van der Waals surface area contributed by atoms with Crippen LogP contribution in [0.5, 0.6) is 5.75 Å². The quantitative estimate of drug-likeness (QED) is 0.883. The lowest BCUT2D eigenvalue weighted by Gasteiger charge is -2.14. The molecule has 1 fully saturated rings. The molecule has 1 aliphatic carbocycles. The van der Waals surface area contributed by atoms with Gasteiger partial charge in [-0.05, 0) is 37.0 Å². The summed E-state index contributed by atoms with van der Waals surface area (Å²) in [6, 6.07) is 7.60. The maximum atomic E-state index is 11.0. The molecule has 1 saturated carbocycles. The van der Waals surface area contributed by atoms with Crippen molar-refractivity contribution in [3.63, 3.8) is 0 Å². The van der Waals surface area contributed by atoms with Gasteiger partial charge in [-0.2, -0.15) is 5.10 Å². The van der Waals surface area contributed by atoms with Gasteiger partial charge in [-0.1, -0.05) is 12.1 Å². The third-order valence-corrected chi connectivity index (χ3v) is 4.41. The first-order valence-electron chi connectivity index (χ1n) is 7.70. The lowest BCUT2D eigenvalue weighted by molar-refractivity contribution is -0.141. The Morgan fingerprint density at radius 3 is 2.70 bits per heavy atom. The van der Waals surface area contributed by atoms with Crippen LogP contribution in [0.15, 0.2) is 30.5 Å². The second-order valence-electron chi connectivity index (χ2n) is 5.90. The van der Waals surface area contributed by atoms with Gasteiger partial charge in [0.1, 0.15) is 5.75 Å². The smallest absolute Gasteiger partial charge is 0.306 e. The summed E-state index contributed by atoms with van der Waals surface area (Å²) in [4.78, 5) is 11.0. The summed E-state index contributed by atoms with van der Waals surface area (Å²) in [7, 11) is 1.80. The Balaban J connectivity index is 1.69. The lowest BCUT2D eigenvalue weighted by atomic mass is 10.1. The number of carboxylic acids is 1. The molecule has 6 heteroatoms. The molecule has 1 heterocycles. The van der Waals surface area contributed by atoms with Crippen molar-refractivity contribution in [2.75, 3.05) is 0 Å². The largest absolute Gasteiger partial charge is 0.490 e. The van der Waals surface area contributed by atoms with Gasteiger partial charge in [-0.15, -0.1) is 0 Å². The predicted octanol–water partition coefficient (Wildman–Crippen LogP) is 2.21. The molecule has 0 unspecified atom stereocenters. The van der Waals surface area contributed by atoms with Crippen LogP contribution in [0, 0.1) is 5.92 Å². The van der Waals surface area contributed by atoms with E-state index in [1.54, 1.807) is 17.9 Å². The molecular weight excluding hydrogens is 296 g/mol. The van der Waals surface area contributed by atoms with Crippen molar-refractivity contribution in [3.05, 3.63) is 36.2 Å². The number of benzene rings is 1. The molecule has 1 aromatic carbocycles. The monoisotopic (exact) mass is 316 g/mol. The Morgan fingerprint density at radius 1 is 1.35 bits per heavy atom. The third-order valence-electron chi connectivity index (χ3n) is 4.41. The van der Waals surface area contributed by atoms with Crippen LogP contribution < -0.4 is 4.74 Å². The number of aryl methyl sites for hydroxylation is 1. The first-order valence-corrected chi connectivity index (χ1v) is 7.70. The number of carboxylic acid groups (broad SMARTS) is 1. The average molecular weight is 316 g/mol.